The van der Waals surface area contributed by atoms with E-state index in [0.717, 1.165) is 109 Å². The van der Waals surface area contributed by atoms with Gasteiger partial charge in [0.2, 0.25) is 5.91 Å². The fraction of sp³-hybridized carbons (Fsp3) is 0.641. The second-order valence-electron chi connectivity index (χ2n) is 18.6. The van der Waals surface area contributed by atoms with Gasteiger partial charge in [-0.3, -0.25) is 4.79 Å². The van der Waals surface area contributed by atoms with Crippen molar-refractivity contribution in [2.24, 2.45) is 0 Å². The molecular formula is C64H107NO3. The monoisotopic (exact) mass is 938 g/mol. The summed E-state index contributed by atoms with van der Waals surface area (Å²) >= 11 is 0. The van der Waals surface area contributed by atoms with Crippen molar-refractivity contribution < 1.29 is 15.0 Å². The van der Waals surface area contributed by atoms with Crippen LogP contribution in [0.15, 0.2) is 134 Å². The Labute approximate surface area is 421 Å². The Balaban J connectivity index is 3.68. The lowest BCUT2D eigenvalue weighted by Gasteiger charge is -2.20. The van der Waals surface area contributed by atoms with Crippen LogP contribution in [0.1, 0.15) is 245 Å². The van der Waals surface area contributed by atoms with Crippen molar-refractivity contribution >= 4 is 5.91 Å². The van der Waals surface area contributed by atoms with Crippen LogP contribution < -0.4 is 5.32 Å². The zero-order valence-electron chi connectivity index (χ0n) is 44.3. The largest absolute Gasteiger partial charge is 0.394 e. The first-order chi connectivity index (χ1) is 33.7. The molecule has 0 saturated heterocycles. The number of rotatable bonds is 50. The summed E-state index contributed by atoms with van der Waals surface area (Å²) in [6, 6.07) is -0.647. The van der Waals surface area contributed by atoms with Crippen molar-refractivity contribution in [1.82, 2.24) is 5.32 Å². The van der Waals surface area contributed by atoms with Crippen LogP contribution in [-0.2, 0) is 4.79 Å². The van der Waals surface area contributed by atoms with E-state index in [2.05, 4.69) is 141 Å². The Bertz CT molecular complexity index is 1390. The number of carbonyl (C=O) groups excluding carboxylic acids is 1. The van der Waals surface area contributed by atoms with E-state index in [-0.39, 0.29) is 12.5 Å². The molecule has 0 saturated carbocycles. The molecule has 0 aliphatic carbocycles. The van der Waals surface area contributed by atoms with Crippen LogP contribution in [0.25, 0.3) is 0 Å². The van der Waals surface area contributed by atoms with Gasteiger partial charge >= 0.3 is 0 Å². The quantitative estimate of drug-likeness (QED) is 0.0420. The number of hydrogen-bond donors (Lipinski definition) is 3. The SMILES string of the molecule is CC/C=C\C/C=C\C/C=C\C/C=C\C/C=C\C/C=C\C/C=C\C/C=C\C/C=C\C/C=C\CCCCCCC(=O)NC(CO)C(O)/C=C/CCCCCCCCCCCCCCCCCCCCC. The van der Waals surface area contributed by atoms with E-state index in [1.54, 1.807) is 6.08 Å². The summed E-state index contributed by atoms with van der Waals surface area (Å²) in [5.74, 6) is -0.0925. The summed E-state index contributed by atoms with van der Waals surface area (Å²) in [5, 5.41) is 23.2. The Morgan fingerprint density at radius 2 is 0.647 bits per heavy atom. The Morgan fingerprint density at radius 1 is 0.368 bits per heavy atom. The molecule has 68 heavy (non-hydrogen) atoms. The average molecular weight is 939 g/mol. The zero-order valence-corrected chi connectivity index (χ0v) is 44.3. The fourth-order valence-corrected chi connectivity index (χ4v) is 7.85. The highest BCUT2D eigenvalue weighted by atomic mass is 16.3. The minimum atomic E-state index is -0.861. The zero-order chi connectivity index (χ0) is 49.2. The van der Waals surface area contributed by atoms with Crippen molar-refractivity contribution in [2.45, 2.75) is 257 Å². The molecule has 0 heterocycles. The highest BCUT2D eigenvalue weighted by molar-refractivity contribution is 5.76. The molecule has 0 bridgehead atoms. The molecule has 0 radical (unpaired) electrons. The van der Waals surface area contributed by atoms with Gasteiger partial charge in [0.15, 0.2) is 0 Å². The first kappa shape index (κ1) is 64.5. The van der Waals surface area contributed by atoms with Crippen molar-refractivity contribution in [1.29, 1.82) is 0 Å². The van der Waals surface area contributed by atoms with Crippen molar-refractivity contribution in [2.75, 3.05) is 6.61 Å². The van der Waals surface area contributed by atoms with Crippen LogP contribution >= 0.6 is 0 Å². The molecule has 0 spiro atoms. The number of aliphatic hydroxyl groups excluding tert-OH is 2. The highest BCUT2D eigenvalue weighted by Crippen LogP contribution is 2.15. The van der Waals surface area contributed by atoms with Gasteiger partial charge in [0.05, 0.1) is 18.8 Å². The number of amides is 1. The van der Waals surface area contributed by atoms with Gasteiger partial charge in [0.1, 0.15) is 0 Å². The first-order valence-corrected chi connectivity index (χ1v) is 28.4. The number of nitrogens with one attached hydrogen (secondary N) is 1. The topological polar surface area (TPSA) is 69.6 Å². The van der Waals surface area contributed by atoms with Crippen LogP contribution in [0.4, 0.5) is 0 Å². The van der Waals surface area contributed by atoms with E-state index in [1.807, 2.05) is 6.08 Å². The van der Waals surface area contributed by atoms with Gasteiger partial charge in [-0.15, -0.1) is 0 Å². The lowest BCUT2D eigenvalue weighted by atomic mass is 10.0. The van der Waals surface area contributed by atoms with Crippen molar-refractivity contribution in [3.63, 3.8) is 0 Å². The summed E-state index contributed by atoms with van der Waals surface area (Å²) in [6.45, 7) is 4.19. The predicted molar refractivity (Wildman–Crippen MR) is 303 cm³/mol. The maximum atomic E-state index is 12.5. The van der Waals surface area contributed by atoms with Crippen LogP contribution in [-0.4, -0.2) is 34.9 Å². The van der Waals surface area contributed by atoms with Gasteiger partial charge in [0, 0.05) is 6.42 Å². The van der Waals surface area contributed by atoms with Crippen LogP contribution in [0.3, 0.4) is 0 Å². The summed E-state index contributed by atoms with van der Waals surface area (Å²) in [4.78, 5) is 12.5. The molecular weight excluding hydrogens is 831 g/mol. The third-order valence-corrected chi connectivity index (χ3v) is 12.1. The van der Waals surface area contributed by atoms with Crippen LogP contribution in [0.5, 0.6) is 0 Å². The smallest absolute Gasteiger partial charge is 0.220 e. The molecule has 4 heteroatoms. The van der Waals surface area contributed by atoms with Crippen molar-refractivity contribution in [3.05, 3.63) is 134 Å². The molecule has 386 valence electrons. The maximum absolute atomic E-state index is 12.5. The van der Waals surface area contributed by atoms with Gasteiger partial charge in [-0.1, -0.05) is 276 Å². The van der Waals surface area contributed by atoms with Gasteiger partial charge in [-0.25, -0.2) is 0 Å². The molecule has 0 aromatic rings. The third kappa shape index (κ3) is 53.5. The fourth-order valence-electron chi connectivity index (χ4n) is 7.85. The Hall–Kier alpha value is -3.47. The highest BCUT2D eigenvalue weighted by Gasteiger charge is 2.18. The van der Waals surface area contributed by atoms with Crippen LogP contribution in [0, 0.1) is 0 Å². The van der Waals surface area contributed by atoms with Crippen LogP contribution in [0.2, 0.25) is 0 Å². The Morgan fingerprint density at radius 3 is 0.971 bits per heavy atom. The van der Waals surface area contributed by atoms with E-state index in [4.69, 9.17) is 0 Å². The van der Waals surface area contributed by atoms with Gasteiger partial charge < -0.3 is 15.5 Å². The lowest BCUT2D eigenvalue weighted by Crippen LogP contribution is -2.45. The van der Waals surface area contributed by atoms with E-state index < -0.39 is 12.1 Å². The molecule has 0 rings (SSSR count). The van der Waals surface area contributed by atoms with Gasteiger partial charge in [0.25, 0.3) is 0 Å². The van der Waals surface area contributed by atoms with Gasteiger partial charge in [-0.2, -0.15) is 0 Å². The molecule has 0 aromatic heterocycles. The standard InChI is InChI=1S/C64H107NO3/c1-3-5-7-9-11-13-15-17-19-21-23-25-26-27-28-29-30-31-32-33-34-35-36-37-38-40-42-44-46-48-50-52-54-56-58-60-64(68)65-62(61-66)63(67)59-57-55-53-51-49-47-45-43-41-39-24-22-20-18-16-14-12-10-8-6-4-2/h5,7,11,13,17,19,23,25,27-28,30-31,33-34,36-37,40,42,46,48,57,59,62-63,66-67H,3-4,6,8-10,12,14-16,18,20-22,24,26,29,32,35,38-39,41,43-45,47,49-56,58,60-61H2,1-2H3,(H,65,68)/b7-5-,13-11-,19-17-,25-23-,28-27-,31-30-,34-33-,37-36-,42-40-,48-46-,59-57+. The molecule has 3 N–H and O–H groups in total. The predicted octanol–water partition coefficient (Wildman–Crippen LogP) is 19.0. The molecule has 0 fully saturated rings. The summed E-state index contributed by atoms with van der Waals surface area (Å²) < 4.78 is 0. The van der Waals surface area contributed by atoms with E-state index in [1.165, 1.54) is 116 Å². The van der Waals surface area contributed by atoms with E-state index in [0.29, 0.717) is 6.42 Å². The molecule has 0 aliphatic rings. The third-order valence-electron chi connectivity index (χ3n) is 12.1. The number of unbranched alkanes of at least 4 members (excludes halogenated alkanes) is 23. The minimum Gasteiger partial charge on any atom is -0.394 e. The molecule has 2 atom stereocenters. The second kappa shape index (κ2) is 57.8. The molecule has 1 amide bonds. The Kier molecular flexibility index (Phi) is 54.9. The van der Waals surface area contributed by atoms with E-state index >= 15 is 0 Å². The number of aliphatic hydroxyl groups is 2. The number of allylic oxidation sites excluding steroid dienone is 21. The van der Waals surface area contributed by atoms with E-state index in [9.17, 15) is 15.0 Å². The number of hydrogen-bond acceptors (Lipinski definition) is 3. The summed E-state index contributed by atoms with van der Waals surface area (Å²) in [7, 11) is 0. The summed E-state index contributed by atoms with van der Waals surface area (Å²) in [6.07, 6.45) is 90.3. The lowest BCUT2D eigenvalue weighted by molar-refractivity contribution is -0.123. The van der Waals surface area contributed by atoms with Gasteiger partial charge in [-0.05, 0) is 96.3 Å². The average Bonchev–Trinajstić information content (AvgIpc) is 3.34. The molecule has 0 aromatic carbocycles. The maximum Gasteiger partial charge on any atom is 0.220 e. The summed E-state index contributed by atoms with van der Waals surface area (Å²) in [5.41, 5.74) is 0. The molecule has 2 unspecified atom stereocenters. The molecule has 4 nitrogen and oxygen atoms in total. The van der Waals surface area contributed by atoms with Crippen molar-refractivity contribution in [3.8, 4) is 0 Å². The second-order valence-corrected chi connectivity index (χ2v) is 18.6. The first-order valence-electron chi connectivity index (χ1n) is 28.4. The minimum absolute atomic E-state index is 0.0925. The normalized spacial score (nSPS) is 13.9. The number of carbonyl (C=O) groups is 1. The molecule has 0 aliphatic heterocycles.